The zero-order chi connectivity index (χ0) is 22.7. The van der Waals surface area contributed by atoms with E-state index < -0.39 is 10.9 Å². The van der Waals surface area contributed by atoms with Gasteiger partial charge in [0.1, 0.15) is 12.4 Å². The predicted molar refractivity (Wildman–Crippen MR) is 121 cm³/mol. The fourth-order valence-electron chi connectivity index (χ4n) is 3.17. The van der Waals surface area contributed by atoms with Crippen molar-refractivity contribution in [2.24, 2.45) is 4.99 Å². The summed E-state index contributed by atoms with van der Waals surface area (Å²) >= 11 is 6.14. The Labute approximate surface area is 188 Å². The number of nitro benzene ring substituents is 1. The summed E-state index contributed by atoms with van der Waals surface area (Å²) in [5, 5.41) is 11.8. The maximum absolute atomic E-state index is 12.3. The molecule has 0 saturated heterocycles. The smallest absolute Gasteiger partial charge is 0.363 e. The highest BCUT2D eigenvalue weighted by molar-refractivity contribution is 6.31. The number of aliphatic imine (C=N–C) groups is 1. The first-order valence-electron chi connectivity index (χ1n) is 9.65. The third kappa shape index (κ3) is 4.53. The van der Waals surface area contributed by atoms with Crippen LogP contribution in [0.2, 0.25) is 5.02 Å². The molecule has 0 unspecified atom stereocenters. The first-order valence-corrected chi connectivity index (χ1v) is 10.0. The van der Waals surface area contributed by atoms with Crippen LogP contribution in [0.3, 0.4) is 0 Å². The Morgan fingerprint density at radius 3 is 2.56 bits per heavy atom. The number of carbonyl (C=O) groups excluding carboxylic acids is 1. The molecule has 160 valence electrons. The third-order valence-corrected chi connectivity index (χ3v) is 5.26. The summed E-state index contributed by atoms with van der Waals surface area (Å²) in [6.45, 7) is 1.93. The number of cyclic esters (lactones) is 1. The summed E-state index contributed by atoms with van der Waals surface area (Å²) in [5.41, 5.74) is 2.43. The van der Waals surface area contributed by atoms with Gasteiger partial charge in [-0.05, 0) is 42.8 Å². The van der Waals surface area contributed by atoms with Crippen molar-refractivity contribution in [2.75, 3.05) is 0 Å². The first kappa shape index (κ1) is 21.3. The summed E-state index contributed by atoms with van der Waals surface area (Å²) < 4.78 is 11.0. The van der Waals surface area contributed by atoms with Crippen molar-refractivity contribution in [1.29, 1.82) is 0 Å². The van der Waals surface area contributed by atoms with Crippen LogP contribution in [0.1, 0.15) is 22.3 Å². The highest BCUT2D eigenvalue weighted by atomic mass is 35.5. The average Bonchev–Trinajstić information content (AvgIpc) is 3.14. The van der Waals surface area contributed by atoms with Crippen LogP contribution < -0.4 is 4.74 Å². The quantitative estimate of drug-likeness (QED) is 0.215. The van der Waals surface area contributed by atoms with Gasteiger partial charge in [0.05, 0.1) is 4.92 Å². The maximum atomic E-state index is 12.3. The maximum Gasteiger partial charge on any atom is 0.363 e. The predicted octanol–water partition coefficient (Wildman–Crippen LogP) is 5.48. The molecule has 0 aliphatic carbocycles. The number of hydrogen-bond acceptors (Lipinski definition) is 6. The molecule has 4 rings (SSSR count). The number of nitro groups is 1. The highest BCUT2D eigenvalue weighted by Gasteiger charge is 2.27. The minimum Gasteiger partial charge on any atom is -0.489 e. The van der Waals surface area contributed by atoms with Gasteiger partial charge in [0.15, 0.2) is 5.70 Å². The van der Waals surface area contributed by atoms with E-state index in [4.69, 9.17) is 21.1 Å². The molecule has 7 nitrogen and oxygen atoms in total. The molecule has 32 heavy (non-hydrogen) atoms. The second-order valence-corrected chi connectivity index (χ2v) is 7.40. The number of halogens is 1. The zero-order valence-corrected chi connectivity index (χ0v) is 17.7. The summed E-state index contributed by atoms with van der Waals surface area (Å²) in [5.74, 6) is 0.0737. The molecule has 3 aromatic rings. The fraction of sp³-hybridized carbons (Fsp3) is 0.0833. The number of esters is 1. The van der Waals surface area contributed by atoms with Gasteiger partial charge in [-0.15, -0.1) is 0 Å². The number of rotatable bonds is 6. The van der Waals surface area contributed by atoms with Crippen LogP contribution in [-0.2, 0) is 16.1 Å². The zero-order valence-electron chi connectivity index (χ0n) is 16.9. The van der Waals surface area contributed by atoms with Crippen molar-refractivity contribution in [3.05, 3.63) is 110 Å². The molecular formula is C24H17ClN2O5. The third-order valence-electron chi connectivity index (χ3n) is 4.89. The molecule has 1 aliphatic heterocycles. The summed E-state index contributed by atoms with van der Waals surface area (Å²) in [7, 11) is 0. The average molecular weight is 449 g/mol. The van der Waals surface area contributed by atoms with Gasteiger partial charge < -0.3 is 9.47 Å². The Balaban J connectivity index is 1.51. The van der Waals surface area contributed by atoms with Crippen molar-refractivity contribution < 1.29 is 19.2 Å². The van der Waals surface area contributed by atoms with Crippen LogP contribution in [0.25, 0.3) is 6.08 Å². The van der Waals surface area contributed by atoms with E-state index in [1.54, 1.807) is 49.4 Å². The topological polar surface area (TPSA) is 91.0 Å². The first-order chi connectivity index (χ1) is 15.4. The molecule has 0 saturated carbocycles. The van der Waals surface area contributed by atoms with Crippen LogP contribution in [0.5, 0.6) is 5.75 Å². The number of carbonyl (C=O) groups is 1. The monoisotopic (exact) mass is 448 g/mol. The Kier molecular flexibility index (Phi) is 6.00. The van der Waals surface area contributed by atoms with Gasteiger partial charge in [0.2, 0.25) is 5.90 Å². The van der Waals surface area contributed by atoms with E-state index in [1.807, 2.05) is 18.2 Å². The molecule has 3 aromatic carbocycles. The Hall–Kier alpha value is -3.97. The number of hydrogen-bond donors (Lipinski definition) is 0. The fourth-order valence-corrected chi connectivity index (χ4v) is 3.36. The van der Waals surface area contributed by atoms with Crippen LogP contribution in [0.15, 0.2) is 77.4 Å². The lowest BCUT2D eigenvalue weighted by atomic mass is 10.1. The Morgan fingerprint density at radius 2 is 1.84 bits per heavy atom. The molecule has 0 bridgehead atoms. The molecule has 1 heterocycles. The van der Waals surface area contributed by atoms with Crippen molar-refractivity contribution in [3.63, 3.8) is 0 Å². The summed E-state index contributed by atoms with van der Waals surface area (Å²) in [6, 6.07) is 19.1. The Morgan fingerprint density at radius 1 is 1.09 bits per heavy atom. The summed E-state index contributed by atoms with van der Waals surface area (Å²) in [6.07, 6.45) is 1.58. The molecule has 0 aromatic heterocycles. The van der Waals surface area contributed by atoms with Gasteiger partial charge in [-0.3, -0.25) is 10.1 Å². The van der Waals surface area contributed by atoms with Gasteiger partial charge in [-0.1, -0.05) is 48.0 Å². The molecule has 0 radical (unpaired) electrons. The van der Waals surface area contributed by atoms with E-state index in [1.165, 1.54) is 12.1 Å². The number of nitrogens with zero attached hydrogens (tertiary/aromatic N) is 2. The second kappa shape index (κ2) is 9.03. The van der Waals surface area contributed by atoms with E-state index in [2.05, 4.69) is 4.99 Å². The largest absolute Gasteiger partial charge is 0.489 e. The molecule has 1 aliphatic rings. The van der Waals surface area contributed by atoms with Crippen LogP contribution >= 0.6 is 11.6 Å². The van der Waals surface area contributed by atoms with Crippen LogP contribution in [-0.4, -0.2) is 16.8 Å². The molecule has 0 spiro atoms. The number of ether oxygens (including phenoxy) is 2. The molecular weight excluding hydrogens is 432 g/mol. The van der Waals surface area contributed by atoms with Crippen molar-refractivity contribution in [2.45, 2.75) is 13.5 Å². The molecule has 0 fully saturated rings. The van der Waals surface area contributed by atoms with Crippen LogP contribution in [0.4, 0.5) is 5.69 Å². The van der Waals surface area contributed by atoms with E-state index in [0.29, 0.717) is 28.5 Å². The van der Waals surface area contributed by atoms with Gasteiger partial charge in [-0.25, -0.2) is 9.79 Å². The molecule has 0 atom stereocenters. The summed E-state index contributed by atoms with van der Waals surface area (Å²) in [4.78, 5) is 27.2. The Bertz CT molecular complexity index is 1270. The highest BCUT2D eigenvalue weighted by Crippen LogP contribution is 2.26. The van der Waals surface area contributed by atoms with Gasteiger partial charge in [0, 0.05) is 27.8 Å². The van der Waals surface area contributed by atoms with E-state index in [9.17, 15) is 14.9 Å². The molecule has 0 N–H and O–H groups in total. The van der Waals surface area contributed by atoms with Crippen LogP contribution in [0, 0.1) is 17.0 Å². The second-order valence-electron chi connectivity index (χ2n) is 6.99. The van der Waals surface area contributed by atoms with Crippen molar-refractivity contribution in [1.82, 2.24) is 0 Å². The van der Waals surface area contributed by atoms with E-state index in [0.717, 1.165) is 11.1 Å². The number of benzene rings is 3. The van der Waals surface area contributed by atoms with Gasteiger partial charge >= 0.3 is 5.97 Å². The van der Waals surface area contributed by atoms with Gasteiger partial charge in [-0.2, -0.15) is 0 Å². The lowest BCUT2D eigenvalue weighted by Gasteiger charge is -2.07. The minimum absolute atomic E-state index is 0.0437. The van der Waals surface area contributed by atoms with Gasteiger partial charge in [0.25, 0.3) is 5.69 Å². The lowest BCUT2D eigenvalue weighted by molar-refractivity contribution is -0.385. The van der Waals surface area contributed by atoms with E-state index >= 15 is 0 Å². The standard InChI is InChI=1S/C24H17ClN2O5/c1-15-19(6-4-8-22(15)27(29)30)23-26-21(24(28)32-23)13-16-9-11-18(12-10-16)31-14-17-5-2-3-7-20(17)25/h2-13H,14H2,1H3/b21-13-. The lowest BCUT2D eigenvalue weighted by Crippen LogP contribution is -2.08. The normalized spacial score (nSPS) is 14.2. The molecule has 8 heteroatoms. The van der Waals surface area contributed by atoms with Crippen molar-refractivity contribution in [3.8, 4) is 5.75 Å². The molecule has 0 amide bonds. The SMILES string of the molecule is Cc1c(C2=N/C(=C\c3ccc(OCc4ccccc4Cl)cc3)C(=O)O2)cccc1[N+](=O)[O-]. The van der Waals surface area contributed by atoms with Crippen molar-refractivity contribution >= 4 is 35.2 Å². The minimum atomic E-state index is -0.620. The van der Waals surface area contributed by atoms with E-state index in [-0.39, 0.29) is 17.3 Å².